The monoisotopic (exact) mass is 272 g/mol. The van der Waals surface area contributed by atoms with Crippen molar-refractivity contribution in [2.24, 2.45) is 11.5 Å². The quantitative estimate of drug-likeness (QED) is 0.523. The molecule has 2 amide bonds. The van der Waals surface area contributed by atoms with Gasteiger partial charge in [0, 0.05) is 12.6 Å². The smallest absolute Gasteiger partial charge is 0.240 e. The van der Waals surface area contributed by atoms with E-state index in [1.165, 1.54) is 0 Å². The van der Waals surface area contributed by atoms with Gasteiger partial charge in [-0.15, -0.1) is 0 Å². The first kappa shape index (κ1) is 15.9. The molecule has 5 N–H and O–H groups in total. The Labute approximate surface area is 113 Å². The minimum absolute atomic E-state index is 0.0785. The van der Waals surface area contributed by atoms with E-state index in [2.05, 4.69) is 4.90 Å². The number of aliphatic hydroxyl groups is 1. The number of likely N-dealkylation sites (tertiary alicyclic amines) is 1. The summed E-state index contributed by atoms with van der Waals surface area (Å²) >= 11 is 0. The fourth-order valence-electron chi connectivity index (χ4n) is 2.40. The van der Waals surface area contributed by atoms with Crippen molar-refractivity contribution < 1.29 is 14.7 Å². The number of primary amides is 1. The summed E-state index contributed by atoms with van der Waals surface area (Å²) in [5.41, 5.74) is 10.8. The zero-order valence-electron chi connectivity index (χ0n) is 11.4. The maximum atomic E-state index is 12.2. The van der Waals surface area contributed by atoms with Gasteiger partial charge in [-0.1, -0.05) is 0 Å². The lowest BCUT2D eigenvalue weighted by atomic mass is 10.0. The van der Waals surface area contributed by atoms with Crippen molar-refractivity contribution in [3.05, 3.63) is 0 Å². The zero-order valence-corrected chi connectivity index (χ0v) is 11.4. The molecule has 1 heterocycles. The van der Waals surface area contributed by atoms with Crippen LogP contribution in [0.25, 0.3) is 0 Å². The van der Waals surface area contributed by atoms with Crippen molar-refractivity contribution in [3.63, 3.8) is 0 Å². The summed E-state index contributed by atoms with van der Waals surface area (Å²) in [7, 11) is 2.03. The molecule has 0 saturated carbocycles. The molecule has 110 valence electrons. The van der Waals surface area contributed by atoms with E-state index in [1.54, 1.807) is 4.90 Å². The highest BCUT2D eigenvalue weighted by Crippen LogP contribution is 2.16. The first-order valence-electron chi connectivity index (χ1n) is 6.59. The molecule has 1 aliphatic heterocycles. The number of carbonyl (C=O) groups excluding carboxylic acids is 2. The fourth-order valence-corrected chi connectivity index (χ4v) is 2.40. The predicted octanol–water partition coefficient (Wildman–Crippen LogP) is -1.90. The number of rotatable bonds is 6. The van der Waals surface area contributed by atoms with Crippen LogP contribution in [0.5, 0.6) is 0 Å². The van der Waals surface area contributed by atoms with Gasteiger partial charge in [0.25, 0.3) is 0 Å². The SMILES string of the molecule is CN1CCC(N(CCO)C(=O)C(N)CC(N)=O)CC1. The lowest BCUT2D eigenvalue weighted by molar-refractivity contribution is -0.138. The molecule has 7 nitrogen and oxygen atoms in total. The molecule has 1 fully saturated rings. The number of hydrogen-bond donors (Lipinski definition) is 3. The van der Waals surface area contributed by atoms with Crippen LogP contribution in [0.1, 0.15) is 19.3 Å². The molecule has 0 aromatic rings. The Balaban J connectivity index is 2.65. The number of amides is 2. The highest BCUT2D eigenvalue weighted by molar-refractivity contribution is 5.87. The summed E-state index contributed by atoms with van der Waals surface area (Å²) in [6.07, 6.45) is 1.55. The maximum Gasteiger partial charge on any atom is 0.240 e. The van der Waals surface area contributed by atoms with Gasteiger partial charge in [0.05, 0.1) is 19.1 Å². The first-order valence-corrected chi connectivity index (χ1v) is 6.59. The van der Waals surface area contributed by atoms with E-state index in [0.717, 1.165) is 25.9 Å². The Kier molecular flexibility index (Phi) is 6.20. The zero-order chi connectivity index (χ0) is 14.4. The van der Waals surface area contributed by atoms with Crippen LogP contribution in [0.2, 0.25) is 0 Å². The number of nitrogens with two attached hydrogens (primary N) is 2. The third-order valence-electron chi connectivity index (χ3n) is 3.49. The average Bonchev–Trinajstić information content (AvgIpc) is 2.35. The molecule has 0 radical (unpaired) electrons. The Bertz CT molecular complexity index is 316. The Morgan fingerprint density at radius 3 is 2.47 bits per heavy atom. The van der Waals surface area contributed by atoms with E-state index in [9.17, 15) is 9.59 Å². The van der Waals surface area contributed by atoms with E-state index in [4.69, 9.17) is 16.6 Å². The van der Waals surface area contributed by atoms with Crippen molar-refractivity contribution in [2.75, 3.05) is 33.3 Å². The minimum Gasteiger partial charge on any atom is -0.395 e. The lowest BCUT2D eigenvalue weighted by Gasteiger charge is -2.38. The van der Waals surface area contributed by atoms with Crippen LogP contribution in [-0.4, -0.2) is 72.1 Å². The summed E-state index contributed by atoms with van der Waals surface area (Å²) in [5.74, 6) is -0.893. The molecule has 19 heavy (non-hydrogen) atoms. The number of carbonyl (C=O) groups is 2. The van der Waals surface area contributed by atoms with E-state index >= 15 is 0 Å². The number of piperidine rings is 1. The van der Waals surface area contributed by atoms with Crippen molar-refractivity contribution in [2.45, 2.75) is 31.3 Å². The maximum absolute atomic E-state index is 12.2. The van der Waals surface area contributed by atoms with Gasteiger partial charge < -0.3 is 26.4 Å². The topological polar surface area (TPSA) is 113 Å². The summed E-state index contributed by atoms with van der Waals surface area (Å²) in [4.78, 5) is 26.8. The van der Waals surface area contributed by atoms with Gasteiger partial charge in [-0.05, 0) is 33.0 Å². The molecule has 0 spiro atoms. The molecule has 0 aromatic heterocycles. The summed E-state index contributed by atoms with van der Waals surface area (Å²) in [6.45, 7) is 1.96. The van der Waals surface area contributed by atoms with E-state index in [-0.39, 0.29) is 31.5 Å². The molecule has 0 aliphatic carbocycles. The second-order valence-electron chi connectivity index (χ2n) is 5.07. The van der Waals surface area contributed by atoms with Gasteiger partial charge in [0.1, 0.15) is 0 Å². The Morgan fingerprint density at radius 1 is 1.42 bits per heavy atom. The summed E-state index contributed by atoms with van der Waals surface area (Å²) < 4.78 is 0. The fraction of sp³-hybridized carbons (Fsp3) is 0.833. The summed E-state index contributed by atoms with van der Waals surface area (Å²) in [6, 6.07) is -0.835. The van der Waals surface area contributed by atoms with Crippen LogP contribution in [0, 0.1) is 0 Å². The van der Waals surface area contributed by atoms with Gasteiger partial charge >= 0.3 is 0 Å². The van der Waals surface area contributed by atoms with Crippen LogP contribution in [0.4, 0.5) is 0 Å². The van der Waals surface area contributed by atoms with Gasteiger partial charge in [0.15, 0.2) is 0 Å². The third kappa shape index (κ3) is 4.77. The molecule has 1 atom stereocenters. The normalized spacial score (nSPS) is 19.1. The number of nitrogens with zero attached hydrogens (tertiary/aromatic N) is 2. The van der Waals surface area contributed by atoms with Crippen LogP contribution < -0.4 is 11.5 Å². The van der Waals surface area contributed by atoms with E-state index < -0.39 is 11.9 Å². The van der Waals surface area contributed by atoms with Crippen molar-refractivity contribution >= 4 is 11.8 Å². The molecule has 1 saturated heterocycles. The van der Waals surface area contributed by atoms with Crippen LogP contribution in [0.15, 0.2) is 0 Å². The molecule has 7 heteroatoms. The minimum atomic E-state index is -0.913. The first-order chi connectivity index (χ1) is 8.95. The lowest BCUT2D eigenvalue weighted by Crippen LogP contribution is -2.53. The Hall–Kier alpha value is -1.18. The second-order valence-corrected chi connectivity index (χ2v) is 5.07. The van der Waals surface area contributed by atoms with Crippen molar-refractivity contribution in [1.29, 1.82) is 0 Å². The molecule has 1 rings (SSSR count). The standard InChI is InChI=1S/C12H24N4O3/c1-15-4-2-9(3-5-15)16(6-7-17)12(19)10(13)8-11(14)18/h9-10,17H,2-8,13H2,1H3,(H2,14,18). The van der Waals surface area contributed by atoms with Crippen molar-refractivity contribution in [1.82, 2.24) is 9.80 Å². The second kappa shape index (κ2) is 7.42. The highest BCUT2D eigenvalue weighted by atomic mass is 16.3. The van der Waals surface area contributed by atoms with Gasteiger partial charge in [-0.2, -0.15) is 0 Å². The molecular formula is C12H24N4O3. The third-order valence-corrected chi connectivity index (χ3v) is 3.49. The Morgan fingerprint density at radius 2 is 2.00 bits per heavy atom. The number of hydrogen-bond acceptors (Lipinski definition) is 5. The van der Waals surface area contributed by atoms with Crippen LogP contribution in [0.3, 0.4) is 0 Å². The average molecular weight is 272 g/mol. The van der Waals surface area contributed by atoms with E-state index in [0.29, 0.717) is 0 Å². The van der Waals surface area contributed by atoms with Gasteiger partial charge in [-0.25, -0.2) is 0 Å². The molecule has 0 aromatic carbocycles. The predicted molar refractivity (Wildman–Crippen MR) is 71.1 cm³/mol. The molecule has 1 unspecified atom stereocenters. The van der Waals surface area contributed by atoms with Gasteiger partial charge in [-0.3, -0.25) is 9.59 Å². The van der Waals surface area contributed by atoms with Gasteiger partial charge in [0.2, 0.25) is 11.8 Å². The highest BCUT2D eigenvalue weighted by Gasteiger charge is 2.30. The molecular weight excluding hydrogens is 248 g/mol. The summed E-state index contributed by atoms with van der Waals surface area (Å²) in [5, 5.41) is 9.10. The van der Waals surface area contributed by atoms with Crippen LogP contribution in [-0.2, 0) is 9.59 Å². The molecule has 1 aliphatic rings. The van der Waals surface area contributed by atoms with Crippen molar-refractivity contribution in [3.8, 4) is 0 Å². The largest absolute Gasteiger partial charge is 0.395 e. The van der Waals surface area contributed by atoms with Crippen LogP contribution >= 0.6 is 0 Å². The number of aliphatic hydroxyl groups excluding tert-OH is 1. The van der Waals surface area contributed by atoms with E-state index in [1.807, 2.05) is 7.05 Å². The molecule has 0 bridgehead atoms.